The van der Waals surface area contributed by atoms with Crippen molar-refractivity contribution >= 4 is 5.91 Å². The third-order valence-electron chi connectivity index (χ3n) is 1.94. The number of hydrogen-bond acceptors (Lipinski definition) is 3. The fourth-order valence-corrected chi connectivity index (χ4v) is 1.17. The third kappa shape index (κ3) is 2.40. The Labute approximate surface area is 86.6 Å². The van der Waals surface area contributed by atoms with Crippen LogP contribution in [0.15, 0.2) is 37.2 Å². The van der Waals surface area contributed by atoms with Crippen molar-refractivity contribution in [2.75, 3.05) is 0 Å². The van der Waals surface area contributed by atoms with Crippen molar-refractivity contribution in [1.29, 1.82) is 0 Å². The molecule has 2 aromatic rings. The lowest BCUT2D eigenvalue weighted by molar-refractivity contribution is 0.0950. The molecule has 0 aliphatic heterocycles. The number of aromatic nitrogens is 3. The number of amides is 1. The minimum Gasteiger partial charge on any atom is -0.367 e. The second kappa shape index (κ2) is 4.36. The fraction of sp³-hybridized carbons (Fsp3) is 0.100. The molecule has 1 amide bonds. The molecule has 0 aliphatic rings. The molecule has 2 aromatic heterocycles. The van der Waals surface area contributed by atoms with E-state index in [1.165, 1.54) is 18.7 Å². The van der Waals surface area contributed by atoms with Crippen molar-refractivity contribution in [3.8, 4) is 0 Å². The second-order valence-corrected chi connectivity index (χ2v) is 3.03. The number of carbonyl (C=O) groups is 1. The van der Waals surface area contributed by atoms with Crippen molar-refractivity contribution in [1.82, 2.24) is 20.3 Å². The quantitative estimate of drug-likeness (QED) is 0.771. The van der Waals surface area contributed by atoms with Gasteiger partial charge < -0.3 is 10.3 Å². The van der Waals surface area contributed by atoms with Gasteiger partial charge in [0.2, 0.25) is 0 Å². The lowest BCUT2D eigenvalue weighted by atomic mass is 10.3. The molecule has 0 aromatic carbocycles. The van der Waals surface area contributed by atoms with E-state index in [1.54, 1.807) is 0 Å². The lowest BCUT2D eigenvalue weighted by Crippen LogP contribution is -2.22. The Morgan fingerprint density at radius 2 is 2.20 bits per heavy atom. The number of nitrogens with one attached hydrogen (secondary N) is 2. The van der Waals surface area contributed by atoms with Gasteiger partial charge >= 0.3 is 0 Å². The number of aromatic amines is 1. The molecule has 76 valence electrons. The van der Waals surface area contributed by atoms with E-state index in [9.17, 15) is 4.79 Å². The molecule has 0 fully saturated rings. The van der Waals surface area contributed by atoms with Gasteiger partial charge in [0.1, 0.15) is 6.33 Å². The normalized spacial score (nSPS) is 9.87. The summed E-state index contributed by atoms with van der Waals surface area (Å²) in [5, 5.41) is 2.76. The van der Waals surface area contributed by atoms with Gasteiger partial charge in [0, 0.05) is 31.3 Å². The summed E-state index contributed by atoms with van der Waals surface area (Å²) in [6, 6.07) is 1.90. The van der Waals surface area contributed by atoms with E-state index in [-0.39, 0.29) is 5.91 Å². The molecule has 2 N–H and O–H groups in total. The maximum Gasteiger partial charge on any atom is 0.254 e. The number of rotatable bonds is 3. The number of hydrogen-bond donors (Lipinski definition) is 2. The molecule has 0 aliphatic carbocycles. The minimum absolute atomic E-state index is 0.170. The van der Waals surface area contributed by atoms with Crippen LogP contribution in [0.4, 0.5) is 0 Å². The summed E-state index contributed by atoms with van der Waals surface area (Å²) in [7, 11) is 0. The van der Waals surface area contributed by atoms with Crippen LogP contribution >= 0.6 is 0 Å². The van der Waals surface area contributed by atoms with Crippen LogP contribution in [0, 0.1) is 0 Å². The van der Waals surface area contributed by atoms with E-state index in [1.807, 2.05) is 18.5 Å². The molecule has 5 nitrogen and oxygen atoms in total. The molecule has 0 spiro atoms. The fourth-order valence-electron chi connectivity index (χ4n) is 1.17. The van der Waals surface area contributed by atoms with Crippen LogP contribution < -0.4 is 5.32 Å². The van der Waals surface area contributed by atoms with Gasteiger partial charge in [0.15, 0.2) is 0 Å². The van der Waals surface area contributed by atoms with Crippen LogP contribution in [0.5, 0.6) is 0 Å². The minimum atomic E-state index is -0.170. The smallest absolute Gasteiger partial charge is 0.254 e. The van der Waals surface area contributed by atoms with Crippen molar-refractivity contribution in [2.45, 2.75) is 6.54 Å². The molecule has 0 unspecified atom stereocenters. The maximum absolute atomic E-state index is 11.5. The molecular weight excluding hydrogens is 192 g/mol. The molecule has 0 radical (unpaired) electrons. The van der Waals surface area contributed by atoms with Crippen LogP contribution in [0.3, 0.4) is 0 Å². The number of H-pyrrole nitrogens is 1. The van der Waals surface area contributed by atoms with E-state index >= 15 is 0 Å². The van der Waals surface area contributed by atoms with Crippen LogP contribution in [0.25, 0.3) is 0 Å². The zero-order chi connectivity index (χ0) is 10.5. The molecule has 0 saturated carbocycles. The van der Waals surface area contributed by atoms with Crippen LogP contribution in [0.2, 0.25) is 0 Å². The van der Waals surface area contributed by atoms with Gasteiger partial charge in [0.05, 0.1) is 5.56 Å². The third-order valence-corrected chi connectivity index (χ3v) is 1.94. The molecule has 2 rings (SSSR count). The van der Waals surface area contributed by atoms with Gasteiger partial charge in [-0.15, -0.1) is 0 Å². The summed E-state index contributed by atoms with van der Waals surface area (Å²) in [4.78, 5) is 22.0. The van der Waals surface area contributed by atoms with Gasteiger partial charge in [-0.1, -0.05) is 0 Å². The summed E-state index contributed by atoms with van der Waals surface area (Å²) in [5.41, 5.74) is 1.49. The Morgan fingerprint density at radius 3 is 2.87 bits per heavy atom. The van der Waals surface area contributed by atoms with E-state index in [2.05, 4.69) is 20.3 Å². The monoisotopic (exact) mass is 202 g/mol. The van der Waals surface area contributed by atoms with Crippen LogP contribution in [-0.2, 0) is 6.54 Å². The first-order valence-corrected chi connectivity index (χ1v) is 4.51. The largest absolute Gasteiger partial charge is 0.367 e. The predicted octanol–water partition coefficient (Wildman–Crippen LogP) is 0.735. The SMILES string of the molecule is O=C(NCc1cc[nH]c1)c1cncnc1. The Kier molecular flexibility index (Phi) is 2.73. The van der Waals surface area contributed by atoms with Gasteiger partial charge in [-0.3, -0.25) is 4.79 Å². The average molecular weight is 202 g/mol. The van der Waals surface area contributed by atoms with Gasteiger partial charge in [-0.25, -0.2) is 9.97 Å². The van der Waals surface area contributed by atoms with Crippen molar-refractivity contribution in [3.63, 3.8) is 0 Å². The summed E-state index contributed by atoms with van der Waals surface area (Å²) in [6.07, 6.45) is 8.01. The highest BCUT2D eigenvalue weighted by molar-refractivity contribution is 5.93. The highest BCUT2D eigenvalue weighted by Gasteiger charge is 2.04. The first kappa shape index (κ1) is 9.39. The van der Waals surface area contributed by atoms with Crippen molar-refractivity contribution in [3.05, 3.63) is 48.3 Å². The lowest BCUT2D eigenvalue weighted by Gasteiger charge is -2.02. The summed E-state index contributed by atoms with van der Waals surface area (Å²) in [6.45, 7) is 0.497. The summed E-state index contributed by atoms with van der Waals surface area (Å²) in [5.74, 6) is -0.170. The molecule has 15 heavy (non-hydrogen) atoms. The topological polar surface area (TPSA) is 70.7 Å². The van der Waals surface area contributed by atoms with Crippen LogP contribution in [0.1, 0.15) is 15.9 Å². The van der Waals surface area contributed by atoms with E-state index < -0.39 is 0 Å². The molecule has 0 bridgehead atoms. The summed E-state index contributed by atoms with van der Waals surface area (Å²) < 4.78 is 0. The first-order chi connectivity index (χ1) is 7.36. The van der Waals surface area contributed by atoms with E-state index in [0.717, 1.165) is 5.56 Å². The summed E-state index contributed by atoms with van der Waals surface area (Å²) >= 11 is 0. The van der Waals surface area contributed by atoms with Crippen LogP contribution in [-0.4, -0.2) is 20.9 Å². The Balaban J connectivity index is 1.94. The van der Waals surface area contributed by atoms with Gasteiger partial charge in [-0.2, -0.15) is 0 Å². The molecule has 2 heterocycles. The second-order valence-electron chi connectivity index (χ2n) is 3.03. The van der Waals surface area contributed by atoms with Crippen molar-refractivity contribution < 1.29 is 4.79 Å². The molecule has 0 atom stereocenters. The highest BCUT2D eigenvalue weighted by Crippen LogP contribution is 1.97. The first-order valence-electron chi connectivity index (χ1n) is 4.51. The van der Waals surface area contributed by atoms with Gasteiger partial charge in [-0.05, 0) is 11.6 Å². The Morgan fingerprint density at radius 1 is 1.40 bits per heavy atom. The molecule has 0 saturated heterocycles. The van der Waals surface area contributed by atoms with Gasteiger partial charge in [0.25, 0.3) is 5.91 Å². The van der Waals surface area contributed by atoms with E-state index in [4.69, 9.17) is 0 Å². The maximum atomic E-state index is 11.5. The number of nitrogens with zero attached hydrogens (tertiary/aromatic N) is 2. The zero-order valence-electron chi connectivity index (χ0n) is 7.97. The van der Waals surface area contributed by atoms with E-state index in [0.29, 0.717) is 12.1 Å². The zero-order valence-corrected chi connectivity index (χ0v) is 7.97. The van der Waals surface area contributed by atoms with Crippen molar-refractivity contribution in [2.24, 2.45) is 0 Å². The molecule has 5 heteroatoms. The molecular formula is C10H10N4O. The Hall–Kier alpha value is -2.17. The highest BCUT2D eigenvalue weighted by atomic mass is 16.1. The predicted molar refractivity (Wildman–Crippen MR) is 54.0 cm³/mol. The number of carbonyl (C=O) groups excluding carboxylic acids is 1. The Bertz CT molecular complexity index is 424. The average Bonchev–Trinajstić information content (AvgIpc) is 2.80. The standard InChI is InChI=1S/C10H10N4O/c15-10(9-5-12-7-13-6-9)14-4-8-1-2-11-3-8/h1-3,5-7,11H,4H2,(H,14,15).